The lowest BCUT2D eigenvalue weighted by Gasteiger charge is -2.30. The number of fused-ring (bicyclic) bond motifs is 1. The Morgan fingerprint density at radius 3 is 2.91 bits per heavy atom. The summed E-state index contributed by atoms with van der Waals surface area (Å²) >= 11 is 0. The number of benzene rings is 1. The molecule has 4 nitrogen and oxygen atoms in total. The zero-order chi connectivity index (χ0) is 15.5. The molecule has 118 valence electrons. The predicted molar refractivity (Wildman–Crippen MR) is 87.3 cm³/mol. The maximum absolute atomic E-state index is 12.6. The first-order valence-corrected chi connectivity index (χ1v) is 8.39. The van der Waals surface area contributed by atoms with Crippen LogP contribution in [0.1, 0.15) is 48.5 Å². The second-order valence-corrected chi connectivity index (χ2v) is 6.25. The number of amides is 1. The van der Waals surface area contributed by atoms with Crippen molar-refractivity contribution in [3.05, 3.63) is 29.3 Å². The van der Waals surface area contributed by atoms with E-state index in [0.717, 1.165) is 62.1 Å². The van der Waals surface area contributed by atoms with Crippen LogP contribution in [0.25, 0.3) is 0 Å². The van der Waals surface area contributed by atoms with Gasteiger partial charge in [0.25, 0.3) is 0 Å². The summed E-state index contributed by atoms with van der Waals surface area (Å²) in [7, 11) is 0. The summed E-state index contributed by atoms with van der Waals surface area (Å²) in [6.45, 7) is 4.49. The van der Waals surface area contributed by atoms with Gasteiger partial charge >= 0.3 is 0 Å². The van der Waals surface area contributed by atoms with Gasteiger partial charge in [0.1, 0.15) is 0 Å². The van der Waals surface area contributed by atoms with Crippen LogP contribution < -0.4 is 10.2 Å². The zero-order valence-electron chi connectivity index (χ0n) is 13.2. The second kappa shape index (κ2) is 6.61. The van der Waals surface area contributed by atoms with Crippen molar-refractivity contribution in [2.45, 2.75) is 39.0 Å². The quantitative estimate of drug-likeness (QED) is 0.873. The van der Waals surface area contributed by atoms with Crippen LogP contribution in [0.5, 0.6) is 0 Å². The summed E-state index contributed by atoms with van der Waals surface area (Å²) in [4.78, 5) is 26.6. The summed E-state index contributed by atoms with van der Waals surface area (Å²) in [5.41, 5.74) is 2.94. The summed E-state index contributed by atoms with van der Waals surface area (Å²) in [5.74, 6) is 0.509. The first kappa shape index (κ1) is 15.2. The number of Topliss-reactive ketones (excluding diaryl/α,β-unsaturated/α-hetero) is 1. The number of anilines is 1. The number of nitrogens with one attached hydrogen (secondary N) is 1. The van der Waals surface area contributed by atoms with Crippen molar-refractivity contribution >= 4 is 17.4 Å². The lowest BCUT2D eigenvalue weighted by Crippen LogP contribution is -2.36. The molecule has 0 aromatic heterocycles. The molecule has 2 aliphatic heterocycles. The first-order valence-electron chi connectivity index (χ1n) is 8.39. The number of carbonyl (C=O) groups is 2. The van der Waals surface area contributed by atoms with Crippen LogP contribution in [-0.4, -0.2) is 31.3 Å². The smallest absolute Gasteiger partial charge is 0.226 e. The van der Waals surface area contributed by atoms with Gasteiger partial charge < -0.3 is 10.2 Å². The van der Waals surface area contributed by atoms with Crippen LogP contribution in [0, 0.1) is 5.92 Å². The number of hydrogen-bond acceptors (Lipinski definition) is 3. The fraction of sp³-hybridized carbons (Fsp3) is 0.556. The molecule has 3 rings (SSSR count). The van der Waals surface area contributed by atoms with Crippen LogP contribution >= 0.6 is 0 Å². The fourth-order valence-corrected chi connectivity index (χ4v) is 3.51. The van der Waals surface area contributed by atoms with E-state index >= 15 is 0 Å². The molecule has 1 unspecified atom stereocenters. The Hall–Kier alpha value is -1.68. The van der Waals surface area contributed by atoms with Gasteiger partial charge in [-0.25, -0.2) is 0 Å². The van der Waals surface area contributed by atoms with Gasteiger partial charge in [0.15, 0.2) is 5.78 Å². The normalized spacial score (nSPS) is 21.3. The molecule has 1 atom stereocenters. The Kier molecular flexibility index (Phi) is 4.57. The number of piperidine rings is 1. The van der Waals surface area contributed by atoms with Crippen molar-refractivity contribution in [2.24, 2.45) is 5.92 Å². The van der Waals surface area contributed by atoms with Crippen molar-refractivity contribution in [3.63, 3.8) is 0 Å². The molecule has 0 saturated carbocycles. The molecule has 1 N–H and O–H groups in total. The van der Waals surface area contributed by atoms with E-state index in [4.69, 9.17) is 0 Å². The van der Waals surface area contributed by atoms with Gasteiger partial charge in [0, 0.05) is 36.7 Å². The highest BCUT2D eigenvalue weighted by Crippen LogP contribution is 2.29. The zero-order valence-corrected chi connectivity index (χ0v) is 13.2. The number of nitrogens with zero attached hydrogens (tertiary/aromatic N) is 1. The minimum Gasteiger partial charge on any atom is -0.316 e. The van der Waals surface area contributed by atoms with E-state index in [2.05, 4.69) is 5.32 Å². The Morgan fingerprint density at radius 1 is 1.32 bits per heavy atom. The van der Waals surface area contributed by atoms with Gasteiger partial charge in [0.2, 0.25) is 5.91 Å². The Balaban J connectivity index is 1.84. The average molecular weight is 300 g/mol. The molecule has 22 heavy (non-hydrogen) atoms. The fourth-order valence-electron chi connectivity index (χ4n) is 3.51. The summed E-state index contributed by atoms with van der Waals surface area (Å²) < 4.78 is 0. The van der Waals surface area contributed by atoms with Gasteiger partial charge in [0.05, 0.1) is 0 Å². The Morgan fingerprint density at radius 2 is 2.18 bits per heavy atom. The van der Waals surface area contributed by atoms with Gasteiger partial charge in [-0.05, 0) is 56.0 Å². The maximum atomic E-state index is 12.6. The molecule has 0 bridgehead atoms. The van der Waals surface area contributed by atoms with E-state index in [1.165, 1.54) is 0 Å². The van der Waals surface area contributed by atoms with E-state index in [-0.39, 0.29) is 17.6 Å². The van der Waals surface area contributed by atoms with Crippen molar-refractivity contribution in [1.82, 2.24) is 5.32 Å². The third kappa shape index (κ3) is 2.93. The molecular weight excluding hydrogens is 276 g/mol. The van der Waals surface area contributed by atoms with Crippen LogP contribution in [0.2, 0.25) is 0 Å². The number of carbonyl (C=O) groups excluding carboxylic acids is 2. The standard InChI is InChI=1S/C18H24N2O2/c1-2-17(21)20-10-4-6-13-11-14(7-8-16(13)20)18(22)15-5-3-9-19-12-15/h7-8,11,15,19H,2-6,9-10,12H2,1H3. The SMILES string of the molecule is CCC(=O)N1CCCc2cc(C(=O)C3CCCNC3)ccc21. The highest BCUT2D eigenvalue weighted by molar-refractivity contribution is 6.00. The largest absolute Gasteiger partial charge is 0.316 e. The van der Waals surface area contributed by atoms with Crippen molar-refractivity contribution in [1.29, 1.82) is 0 Å². The minimum absolute atomic E-state index is 0.101. The molecule has 0 spiro atoms. The number of aryl methyl sites for hydroxylation is 1. The van der Waals surface area contributed by atoms with E-state index in [0.29, 0.717) is 6.42 Å². The number of hydrogen-bond donors (Lipinski definition) is 1. The molecule has 1 saturated heterocycles. The van der Waals surface area contributed by atoms with Gasteiger partial charge in [-0.3, -0.25) is 9.59 Å². The molecule has 2 aliphatic rings. The molecular formula is C18H24N2O2. The second-order valence-electron chi connectivity index (χ2n) is 6.25. The van der Waals surface area contributed by atoms with Crippen molar-refractivity contribution in [2.75, 3.05) is 24.5 Å². The maximum Gasteiger partial charge on any atom is 0.226 e. The summed E-state index contributed by atoms with van der Waals surface area (Å²) in [6.07, 6.45) is 4.49. The molecule has 4 heteroatoms. The van der Waals surface area contributed by atoms with E-state index < -0.39 is 0 Å². The van der Waals surface area contributed by atoms with Gasteiger partial charge in [-0.15, -0.1) is 0 Å². The highest BCUT2D eigenvalue weighted by atomic mass is 16.2. The summed E-state index contributed by atoms with van der Waals surface area (Å²) in [6, 6.07) is 5.88. The lowest BCUT2D eigenvalue weighted by atomic mass is 9.89. The average Bonchev–Trinajstić information content (AvgIpc) is 2.60. The van der Waals surface area contributed by atoms with E-state index in [1.54, 1.807) is 0 Å². The molecule has 1 fully saturated rings. The first-order chi connectivity index (χ1) is 10.7. The minimum atomic E-state index is 0.101. The summed E-state index contributed by atoms with van der Waals surface area (Å²) in [5, 5.41) is 3.30. The van der Waals surface area contributed by atoms with Crippen LogP contribution in [-0.2, 0) is 11.2 Å². The van der Waals surface area contributed by atoms with Crippen LogP contribution in [0.3, 0.4) is 0 Å². The third-order valence-corrected chi connectivity index (χ3v) is 4.75. The monoisotopic (exact) mass is 300 g/mol. The third-order valence-electron chi connectivity index (χ3n) is 4.75. The van der Waals surface area contributed by atoms with Crippen molar-refractivity contribution in [3.8, 4) is 0 Å². The topological polar surface area (TPSA) is 49.4 Å². The van der Waals surface area contributed by atoms with Crippen molar-refractivity contribution < 1.29 is 9.59 Å². The number of rotatable bonds is 3. The van der Waals surface area contributed by atoms with Crippen LogP contribution in [0.15, 0.2) is 18.2 Å². The van der Waals surface area contributed by atoms with Gasteiger partial charge in [-0.2, -0.15) is 0 Å². The lowest BCUT2D eigenvalue weighted by molar-refractivity contribution is -0.118. The molecule has 2 heterocycles. The molecule has 1 aromatic rings. The van der Waals surface area contributed by atoms with E-state index in [1.807, 2.05) is 30.0 Å². The predicted octanol–water partition coefficient (Wildman–Crippen LogP) is 2.56. The number of ketones is 1. The molecule has 0 aliphatic carbocycles. The molecule has 1 aromatic carbocycles. The highest BCUT2D eigenvalue weighted by Gasteiger charge is 2.25. The Bertz CT molecular complexity index is 576. The van der Waals surface area contributed by atoms with E-state index in [9.17, 15) is 9.59 Å². The molecule has 0 radical (unpaired) electrons. The molecule has 1 amide bonds. The Labute approximate surface area is 131 Å². The van der Waals surface area contributed by atoms with Gasteiger partial charge in [-0.1, -0.05) is 6.92 Å². The van der Waals surface area contributed by atoms with Crippen LogP contribution in [0.4, 0.5) is 5.69 Å².